The maximum atomic E-state index is 13.9. The minimum absolute atomic E-state index is 0.0757. The van der Waals surface area contributed by atoms with Crippen LogP contribution in [0.25, 0.3) is 0 Å². The molecule has 28 heavy (non-hydrogen) atoms. The van der Waals surface area contributed by atoms with Gasteiger partial charge in [-0.25, -0.2) is 22.2 Å². The molecule has 10 heteroatoms. The van der Waals surface area contributed by atoms with Crippen LogP contribution in [0, 0.1) is 17.6 Å². The number of piperidine rings is 1. The fraction of sp³-hybridized carbons (Fsp3) is 0.444. The Morgan fingerprint density at radius 3 is 2.68 bits per heavy atom. The largest absolute Gasteiger partial charge is 0.352 e. The Balaban J connectivity index is 1.57. The van der Waals surface area contributed by atoms with E-state index in [1.54, 1.807) is 18.7 Å². The normalized spacial score (nSPS) is 17.4. The number of hydrogen-bond acceptors (Lipinski definition) is 4. The second-order valence-corrected chi connectivity index (χ2v) is 8.83. The van der Waals surface area contributed by atoms with Crippen LogP contribution in [0.15, 0.2) is 41.8 Å². The highest BCUT2D eigenvalue weighted by molar-refractivity contribution is 7.89. The van der Waals surface area contributed by atoms with Crippen LogP contribution in [-0.2, 0) is 21.4 Å². The monoisotopic (exact) mass is 412 g/mol. The Morgan fingerprint density at radius 2 is 2.04 bits per heavy atom. The number of halogens is 2. The van der Waals surface area contributed by atoms with Crippen molar-refractivity contribution in [3.8, 4) is 0 Å². The number of carbonyl (C=O) groups excluding carboxylic acids is 1. The van der Waals surface area contributed by atoms with Crippen LogP contribution in [0.1, 0.15) is 19.8 Å². The maximum Gasteiger partial charge on any atom is 0.246 e. The van der Waals surface area contributed by atoms with Crippen LogP contribution in [0.5, 0.6) is 0 Å². The predicted molar refractivity (Wildman–Crippen MR) is 97.7 cm³/mol. The molecule has 1 atom stereocenters. The SMILES string of the molecule is CC(Cn1ccnc1)NC(=O)C1CCN(S(=O)(=O)c2cc(F)ccc2F)CC1. The standard InChI is InChI=1S/C18H22F2N4O3S/c1-13(11-23-9-6-21-12-23)22-18(25)14-4-7-24(8-5-14)28(26,27)17-10-15(19)2-3-16(17)20/h2-3,6,9-10,12-14H,4-5,7-8,11H2,1H3,(H,22,25). The predicted octanol–water partition coefficient (Wildman–Crippen LogP) is 1.77. The highest BCUT2D eigenvalue weighted by Gasteiger charge is 2.34. The second kappa shape index (κ2) is 8.36. The minimum Gasteiger partial charge on any atom is -0.352 e. The number of rotatable bonds is 6. The van der Waals surface area contributed by atoms with Crippen molar-refractivity contribution in [2.75, 3.05) is 13.1 Å². The van der Waals surface area contributed by atoms with Gasteiger partial charge in [0.15, 0.2) is 0 Å². The van der Waals surface area contributed by atoms with Crippen molar-refractivity contribution in [1.29, 1.82) is 0 Å². The molecule has 2 heterocycles. The third-order valence-electron chi connectivity index (χ3n) is 4.77. The van der Waals surface area contributed by atoms with Crippen LogP contribution in [0.4, 0.5) is 8.78 Å². The molecule has 1 unspecified atom stereocenters. The van der Waals surface area contributed by atoms with Crippen molar-refractivity contribution in [2.24, 2.45) is 5.92 Å². The average Bonchev–Trinajstić information content (AvgIpc) is 3.16. The van der Waals surface area contributed by atoms with E-state index in [0.29, 0.717) is 25.5 Å². The smallest absolute Gasteiger partial charge is 0.246 e. The van der Waals surface area contributed by atoms with E-state index in [4.69, 9.17) is 0 Å². The third-order valence-corrected chi connectivity index (χ3v) is 6.68. The summed E-state index contributed by atoms with van der Waals surface area (Å²) in [5.74, 6) is -2.27. The number of amides is 1. The molecule has 1 aliphatic rings. The number of carbonyl (C=O) groups is 1. The van der Waals surface area contributed by atoms with Crippen LogP contribution in [-0.4, -0.2) is 47.3 Å². The summed E-state index contributed by atoms with van der Waals surface area (Å²) in [5, 5.41) is 2.92. The van der Waals surface area contributed by atoms with E-state index >= 15 is 0 Å². The molecule has 152 valence electrons. The van der Waals surface area contributed by atoms with Gasteiger partial charge in [-0.2, -0.15) is 4.31 Å². The van der Waals surface area contributed by atoms with Gasteiger partial charge in [0.2, 0.25) is 15.9 Å². The number of nitrogens with zero attached hydrogens (tertiary/aromatic N) is 3. The lowest BCUT2D eigenvalue weighted by Crippen LogP contribution is -2.45. The molecule has 0 aliphatic carbocycles. The highest BCUT2D eigenvalue weighted by Crippen LogP contribution is 2.26. The van der Waals surface area contributed by atoms with Gasteiger partial charge >= 0.3 is 0 Å². The van der Waals surface area contributed by atoms with E-state index in [2.05, 4.69) is 10.3 Å². The summed E-state index contributed by atoms with van der Waals surface area (Å²) < 4.78 is 55.4. The molecule has 2 aromatic rings. The van der Waals surface area contributed by atoms with Crippen LogP contribution < -0.4 is 5.32 Å². The molecule has 1 aromatic heterocycles. The van der Waals surface area contributed by atoms with Gasteiger partial charge in [-0.15, -0.1) is 0 Å². The molecule has 1 fully saturated rings. The first-order valence-electron chi connectivity index (χ1n) is 8.98. The molecule has 1 N–H and O–H groups in total. The quantitative estimate of drug-likeness (QED) is 0.784. The number of sulfonamides is 1. The zero-order valence-electron chi connectivity index (χ0n) is 15.4. The fourth-order valence-electron chi connectivity index (χ4n) is 3.29. The third kappa shape index (κ3) is 4.56. The van der Waals surface area contributed by atoms with Crippen molar-refractivity contribution in [3.63, 3.8) is 0 Å². The van der Waals surface area contributed by atoms with Gasteiger partial charge in [0.1, 0.15) is 16.5 Å². The van der Waals surface area contributed by atoms with Gasteiger partial charge in [0.05, 0.1) is 6.33 Å². The van der Waals surface area contributed by atoms with Crippen LogP contribution >= 0.6 is 0 Å². The van der Waals surface area contributed by atoms with Gasteiger partial charge in [0, 0.05) is 44.0 Å². The first-order chi connectivity index (χ1) is 13.3. The summed E-state index contributed by atoms with van der Waals surface area (Å²) in [6, 6.07) is 2.24. The molecular weight excluding hydrogens is 390 g/mol. The van der Waals surface area contributed by atoms with E-state index in [1.165, 1.54) is 0 Å². The first-order valence-corrected chi connectivity index (χ1v) is 10.4. The zero-order valence-corrected chi connectivity index (χ0v) is 16.2. The fourth-order valence-corrected chi connectivity index (χ4v) is 4.84. The van der Waals surface area contributed by atoms with Crippen molar-refractivity contribution in [3.05, 3.63) is 48.6 Å². The summed E-state index contributed by atoms with van der Waals surface area (Å²) in [5.41, 5.74) is 0. The summed E-state index contributed by atoms with van der Waals surface area (Å²) >= 11 is 0. The summed E-state index contributed by atoms with van der Waals surface area (Å²) in [6.45, 7) is 2.61. The Morgan fingerprint density at radius 1 is 1.32 bits per heavy atom. The molecule has 1 aliphatic heterocycles. The van der Waals surface area contributed by atoms with Crippen molar-refractivity contribution in [1.82, 2.24) is 19.2 Å². The van der Waals surface area contributed by atoms with Gasteiger partial charge in [0.25, 0.3) is 0 Å². The number of aromatic nitrogens is 2. The molecule has 1 aromatic carbocycles. The molecule has 1 amide bonds. The maximum absolute atomic E-state index is 13.9. The lowest BCUT2D eigenvalue weighted by molar-refractivity contribution is -0.126. The van der Waals surface area contributed by atoms with E-state index < -0.39 is 26.6 Å². The number of imidazole rings is 1. The Kier molecular flexibility index (Phi) is 6.09. The zero-order chi connectivity index (χ0) is 20.3. The first kappa shape index (κ1) is 20.4. The summed E-state index contributed by atoms with van der Waals surface area (Å²) in [4.78, 5) is 15.7. The average molecular weight is 412 g/mol. The number of benzene rings is 1. The molecule has 3 rings (SSSR count). The molecular formula is C18H22F2N4O3S. The molecule has 0 spiro atoms. The second-order valence-electron chi connectivity index (χ2n) is 6.92. The molecule has 7 nitrogen and oxygen atoms in total. The number of nitrogens with one attached hydrogen (secondary N) is 1. The summed E-state index contributed by atoms with van der Waals surface area (Å²) in [7, 11) is -4.15. The van der Waals surface area contributed by atoms with Crippen LogP contribution in [0.3, 0.4) is 0 Å². The topological polar surface area (TPSA) is 84.3 Å². The molecule has 0 radical (unpaired) electrons. The van der Waals surface area contributed by atoms with Crippen molar-refractivity contribution < 1.29 is 22.0 Å². The Bertz CT molecular complexity index is 926. The van der Waals surface area contributed by atoms with Crippen molar-refractivity contribution in [2.45, 2.75) is 37.2 Å². The van der Waals surface area contributed by atoms with Gasteiger partial charge < -0.3 is 9.88 Å². The highest BCUT2D eigenvalue weighted by atomic mass is 32.2. The van der Waals surface area contributed by atoms with E-state index in [1.807, 2.05) is 11.5 Å². The van der Waals surface area contributed by atoms with Crippen molar-refractivity contribution >= 4 is 15.9 Å². The lowest BCUT2D eigenvalue weighted by Gasteiger charge is -2.31. The van der Waals surface area contributed by atoms with Gasteiger partial charge in [-0.05, 0) is 38.0 Å². The summed E-state index contributed by atoms with van der Waals surface area (Å²) in [6.07, 6.45) is 5.76. The number of hydrogen-bond donors (Lipinski definition) is 1. The van der Waals surface area contributed by atoms with Crippen LogP contribution in [0.2, 0.25) is 0 Å². The Labute approximate surface area is 162 Å². The molecule has 0 saturated carbocycles. The minimum atomic E-state index is -4.15. The van der Waals surface area contributed by atoms with E-state index in [0.717, 1.165) is 16.4 Å². The van der Waals surface area contributed by atoms with E-state index in [9.17, 15) is 22.0 Å². The molecule has 0 bridgehead atoms. The Hall–Kier alpha value is -2.33. The lowest BCUT2D eigenvalue weighted by atomic mass is 9.97. The molecule has 1 saturated heterocycles. The van der Waals surface area contributed by atoms with E-state index in [-0.39, 0.29) is 31.0 Å². The van der Waals surface area contributed by atoms with Gasteiger partial charge in [-0.3, -0.25) is 4.79 Å². The van der Waals surface area contributed by atoms with Gasteiger partial charge in [-0.1, -0.05) is 0 Å².